The van der Waals surface area contributed by atoms with Crippen LogP contribution in [0.2, 0.25) is 5.04 Å². The van der Waals surface area contributed by atoms with Gasteiger partial charge in [-0.1, -0.05) is 263 Å². The maximum atomic E-state index is 11.4. The lowest BCUT2D eigenvalue weighted by Crippen LogP contribution is -2.69. The van der Waals surface area contributed by atoms with Gasteiger partial charge in [0.1, 0.15) is 56.1 Å². The number of benzene rings is 8. The lowest BCUT2D eigenvalue weighted by molar-refractivity contribution is -0.399. The fourth-order valence-electron chi connectivity index (χ4n) is 11.3. The summed E-state index contributed by atoms with van der Waals surface area (Å²) in [4.78, 5) is 0. The maximum absolute atomic E-state index is 11.4. The van der Waals surface area contributed by atoms with E-state index < -0.39 is 69.7 Å². The van der Waals surface area contributed by atoms with Gasteiger partial charge in [-0.15, -0.1) is 0 Å². The van der Waals surface area contributed by atoms with Crippen molar-refractivity contribution in [3.8, 4) is 0 Å². The minimum atomic E-state index is -3.23. The summed E-state index contributed by atoms with van der Waals surface area (Å²) in [6, 6.07) is 80.8. The summed E-state index contributed by atoms with van der Waals surface area (Å²) in [5.41, 5.74) is 5.64. The number of hydrogen-bond donors (Lipinski definition) is 1. The molecular weight excluding hydrogens is 1070 g/mol. The lowest BCUT2D eigenvalue weighted by atomic mass is 9.97. The van der Waals surface area contributed by atoms with Gasteiger partial charge in [-0.05, 0) is 48.8 Å². The average molecular weight is 1150 g/mol. The normalized spacial score (nSPS) is 22.7. The minimum absolute atomic E-state index is 0.0525. The van der Waals surface area contributed by atoms with Crippen LogP contribution in [0.15, 0.2) is 243 Å². The molecule has 0 unspecified atom stereocenters. The molecule has 8 aromatic carbocycles. The summed E-state index contributed by atoms with van der Waals surface area (Å²) >= 11 is 0. The van der Waals surface area contributed by atoms with Crippen LogP contribution in [0.3, 0.4) is 0 Å². The van der Waals surface area contributed by atoms with E-state index in [-0.39, 0.29) is 58.1 Å². The first kappa shape index (κ1) is 60.6. The second kappa shape index (κ2) is 30.0. The Balaban J connectivity index is 1.10. The largest absolute Gasteiger partial charge is 0.405 e. The molecule has 0 spiro atoms. The summed E-state index contributed by atoms with van der Waals surface area (Å²) in [5, 5.41) is 13.3. The van der Waals surface area contributed by atoms with Crippen molar-refractivity contribution in [3.05, 3.63) is 276 Å². The molecule has 2 aliphatic heterocycles. The molecule has 2 fully saturated rings. The highest BCUT2D eigenvalue weighted by Gasteiger charge is 2.62. The van der Waals surface area contributed by atoms with Crippen molar-refractivity contribution < 1.29 is 56.9 Å². The third kappa shape index (κ3) is 15.5. The zero-order valence-electron chi connectivity index (χ0n) is 48.2. The molecule has 0 radical (unpaired) electrons. The summed E-state index contributed by atoms with van der Waals surface area (Å²) < 4.78 is 78.6. The Bertz CT molecular complexity index is 3070. The van der Waals surface area contributed by atoms with Gasteiger partial charge in [0.25, 0.3) is 8.32 Å². The standard InChI is InChI=1S/C71H78O12Si/c1-70(2,3)84(60-40-24-10-25-41-60,61-42-26-11-27-43-61)80-51-63-64(75-46-55-30-14-5-15-31-55)66(77-48-57-34-18-7-19-35-57)67(78-49-58-36-20-8-21-37-58)69(81-63)83-71(52-74-53-73-45-54-28-12-4-13-29-54)68(79-50-59-38-22-9-23-39-59)65(62(44-72)82-71)76-47-56-32-16-6-17-33-56/h4-43,62-69,72H,44-53H2,1-3H3/t62-,63-,64-,65-,66+,67-,68+,69-,71+/m1/s1. The molecule has 1 N–H and O–H groups in total. The van der Waals surface area contributed by atoms with Gasteiger partial charge in [-0.25, -0.2) is 0 Å². The number of aliphatic hydroxyl groups excluding tert-OH is 1. The van der Waals surface area contributed by atoms with Gasteiger partial charge in [-0.3, -0.25) is 0 Å². The molecular formula is C71H78O12Si. The van der Waals surface area contributed by atoms with Crippen molar-refractivity contribution in [1.82, 2.24) is 0 Å². The van der Waals surface area contributed by atoms with Crippen LogP contribution in [0, 0.1) is 0 Å². The Morgan fingerprint density at radius 2 is 0.786 bits per heavy atom. The van der Waals surface area contributed by atoms with Crippen LogP contribution in [0.5, 0.6) is 0 Å². The zero-order chi connectivity index (χ0) is 57.9. The van der Waals surface area contributed by atoms with Gasteiger partial charge in [0, 0.05) is 0 Å². The summed E-state index contributed by atoms with van der Waals surface area (Å²) in [5.74, 6) is -1.86. The fraction of sp³-hybridized carbons (Fsp3) is 0.324. The van der Waals surface area contributed by atoms with Crippen LogP contribution in [-0.2, 0) is 91.4 Å². The molecule has 2 heterocycles. The topological polar surface area (TPSA) is 122 Å². The Labute approximate surface area is 496 Å². The molecule has 10 rings (SSSR count). The van der Waals surface area contributed by atoms with E-state index in [9.17, 15) is 5.11 Å². The fourth-order valence-corrected chi connectivity index (χ4v) is 15.9. The molecule has 438 valence electrons. The highest BCUT2D eigenvalue weighted by atomic mass is 28.4. The Hall–Kier alpha value is -6.50. The zero-order valence-corrected chi connectivity index (χ0v) is 49.2. The van der Waals surface area contributed by atoms with E-state index in [4.69, 9.17) is 51.8 Å². The molecule has 84 heavy (non-hydrogen) atoms. The van der Waals surface area contributed by atoms with E-state index in [1.54, 1.807) is 0 Å². The van der Waals surface area contributed by atoms with E-state index in [1.165, 1.54) is 0 Å². The number of rotatable bonds is 29. The van der Waals surface area contributed by atoms with Crippen molar-refractivity contribution in [2.24, 2.45) is 0 Å². The predicted octanol–water partition coefficient (Wildman–Crippen LogP) is 11.5. The summed E-state index contributed by atoms with van der Waals surface area (Å²) in [7, 11) is -3.23. The van der Waals surface area contributed by atoms with Crippen molar-refractivity contribution in [1.29, 1.82) is 0 Å². The van der Waals surface area contributed by atoms with Crippen LogP contribution < -0.4 is 10.4 Å². The van der Waals surface area contributed by atoms with Gasteiger partial charge in [0.2, 0.25) is 5.79 Å². The molecule has 0 aliphatic carbocycles. The first-order valence-corrected chi connectivity index (χ1v) is 31.0. The molecule has 0 saturated carbocycles. The van der Waals surface area contributed by atoms with Crippen molar-refractivity contribution in [2.45, 2.75) is 120 Å². The molecule has 0 amide bonds. The lowest BCUT2D eigenvalue weighted by Gasteiger charge is -2.49. The monoisotopic (exact) mass is 1150 g/mol. The first-order valence-electron chi connectivity index (χ1n) is 29.1. The molecule has 13 heteroatoms. The van der Waals surface area contributed by atoms with E-state index in [2.05, 4.69) is 69.3 Å². The SMILES string of the molecule is CC(C)(C)[Si](OC[C@H]1O[C@H](O[C@]2(COCOCc3ccccc3)O[C@H](CO)[C@@H](OCc3ccccc3)[C@@H]2OCc2ccccc2)[C@H](OCc2ccccc2)[C@@H](OCc2ccccc2)[C@@H]1OCc1ccccc1)(c1ccccc1)c1ccccc1. The van der Waals surface area contributed by atoms with E-state index in [1.807, 2.05) is 194 Å². The van der Waals surface area contributed by atoms with Crippen molar-refractivity contribution in [3.63, 3.8) is 0 Å². The maximum Gasteiger partial charge on any atom is 0.261 e. The molecule has 12 nitrogen and oxygen atoms in total. The van der Waals surface area contributed by atoms with E-state index in [0.717, 1.165) is 43.8 Å². The van der Waals surface area contributed by atoms with E-state index in [0.29, 0.717) is 6.61 Å². The molecule has 0 bridgehead atoms. The van der Waals surface area contributed by atoms with Crippen LogP contribution >= 0.6 is 0 Å². The Kier molecular flexibility index (Phi) is 21.7. The van der Waals surface area contributed by atoms with Crippen LogP contribution in [0.25, 0.3) is 0 Å². The molecule has 9 atom stereocenters. The smallest absolute Gasteiger partial charge is 0.261 e. The second-order valence-electron chi connectivity index (χ2n) is 22.3. The van der Waals surface area contributed by atoms with Gasteiger partial charge in [0.05, 0.1) is 52.9 Å². The predicted molar refractivity (Wildman–Crippen MR) is 325 cm³/mol. The summed E-state index contributed by atoms with van der Waals surface area (Å²) in [6.07, 6.45) is -7.77. The average Bonchev–Trinajstić information content (AvgIpc) is 1.70. The van der Waals surface area contributed by atoms with Crippen molar-refractivity contribution >= 4 is 18.7 Å². The van der Waals surface area contributed by atoms with E-state index >= 15 is 0 Å². The first-order chi connectivity index (χ1) is 41.2. The molecule has 8 aromatic rings. The Morgan fingerprint density at radius 3 is 1.20 bits per heavy atom. The van der Waals surface area contributed by atoms with Crippen molar-refractivity contribution in [2.75, 3.05) is 26.6 Å². The van der Waals surface area contributed by atoms with Gasteiger partial charge in [-0.2, -0.15) is 0 Å². The summed E-state index contributed by atoms with van der Waals surface area (Å²) in [6.45, 7) is 7.19. The number of aliphatic hydroxyl groups is 1. The number of ether oxygens (including phenoxy) is 10. The third-order valence-corrected chi connectivity index (χ3v) is 20.4. The Morgan fingerprint density at radius 1 is 0.417 bits per heavy atom. The third-order valence-electron chi connectivity index (χ3n) is 15.4. The number of hydrogen-bond acceptors (Lipinski definition) is 12. The quantitative estimate of drug-likeness (QED) is 0.0273. The molecule has 2 aliphatic rings. The minimum Gasteiger partial charge on any atom is -0.405 e. The molecule has 2 saturated heterocycles. The second-order valence-corrected chi connectivity index (χ2v) is 26.7. The van der Waals surface area contributed by atoms with Gasteiger partial charge in [0.15, 0.2) is 6.29 Å². The van der Waals surface area contributed by atoms with Gasteiger partial charge < -0.3 is 56.9 Å². The van der Waals surface area contributed by atoms with Gasteiger partial charge >= 0.3 is 0 Å². The van der Waals surface area contributed by atoms with Crippen LogP contribution in [0.4, 0.5) is 0 Å². The van der Waals surface area contributed by atoms with Crippen LogP contribution in [0.1, 0.15) is 54.2 Å². The van der Waals surface area contributed by atoms with Crippen LogP contribution in [-0.4, -0.2) is 94.8 Å². The molecule has 0 aromatic heterocycles. The highest BCUT2D eigenvalue weighted by Crippen LogP contribution is 2.43. The highest BCUT2D eigenvalue weighted by molar-refractivity contribution is 6.99.